The second kappa shape index (κ2) is 11.7. The van der Waals surface area contributed by atoms with Crippen LogP contribution in [0.4, 0.5) is 13.2 Å². The maximum atomic E-state index is 13.9. The van der Waals surface area contributed by atoms with Crippen molar-refractivity contribution in [2.24, 2.45) is 18.9 Å². The number of fused-ring (bicyclic) bond motifs is 1. The van der Waals surface area contributed by atoms with Crippen LogP contribution in [-0.2, 0) is 31.1 Å². The third-order valence-corrected chi connectivity index (χ3v) is 8.14. The molecule has 1 aliphatic carbocycles. The molecule has 1 aliphatic heterocycles. The Morgan fingerprint density at radius 2 is 1.94 bits per heavy atom. The molecular weight excluding hydrogens is 465 g/mol. The molecule has 0 atom stereocenters. The van der Waals surface area contributed by atoms with Crippen LogP contribution in [-0.4, -0.2) is 58.1 Å². The monoisotopic (exact) mass is 498 g/mol. The van der Waals surface area contributed by atoms with E-state index < -0.39 is 19.0 Å². The summed E-state index contributed by atoms with van der Waals surface area (Å²) in [6, 6.07) is 0. The van der Waals surface area contributed by atoms with Crippen LogP contribution in [0.1, 0.15) is 54.7 Å². The zero-order valence-electron chi connectivity index (χ0n) is 19.6. The number of carbonyl (C=O) groups is 1. The molecule has 4 rings (SSSR count). The summed E-state index contributed by atoms with van der Waals surface area (Å²) in [4.78, 5) is 20.4. The Hall–Kier alpha value is -1.94. The summed E-state index contributed by atoms with van der Waals surface area (Å²) in [7, 11) is 1.54. The first kappa shape index (κ1) is 25.2. The Balaban J connectivity index is 1.13. The number of rotatable bonds is 10. The van der Waals surface area contributed by atoms with Crippen molar-refractivity contribution in [3.05, 3.63) is 28.3 Å². The van der Waals surface area contributed by atoms with Gasteiger partial charge in [0, 0.05) is 49.8 Å². The van der Waals surface area contributed by atoms with Crippen LogP contribution in [0.5, 0.6) is 5.19 Å². The molecule has 0 radical (unpaired) electrons. The van der Waals surface area contributed by atoms with E-state index in [-0.39, 0.29) is 12.2 Å². The van der Waals surface area contributed by atoms with Crippen LogP contribution in [0.3, 0.4) is 0 Å². The summed E-state index contributed by atoms with van der Waals surface area (Å²) in [5, 5.41) is 4.23. The van der Waals surface area contributed by atoms with E-state index in [0.717, 1.165) is 79.8 Å². The van der Waals surface area contributed by atoms with Gasteiger partial charge in [0.25, 0.3) is 11.6 Å². The lowest BCUT2D eigenvalue weighted by Gasteiger charge is -2.30. The number of Topliss-reactive ketones (excluding diaryl/α,β-unsaturated/α-hetero) is 1. The lowest BCUT2D eigenvalue weighted by molar-refractivity contribution is -0.119. The van der Waals surface area contributed by atoms with E-state index in [1.165, 1.54) is 24.6 Å². The molecule has 0 bridgehead atoms. The summed E-state index contributed by atoms with van der Waals surface area (Å²) >= 11 is 1.40. The highest BCUT2D eigenvalue weighted by Crippen LogP contribution is 2.34. The van der Waals surface area contributed by atoms with Gasteiger partial charge in [-0.2, -0.15) is 9.49 Å². The number of halogens is 3. The smallest absolute Gasteiger partial charge is 0.273 e. The van der Waals surface area contributed by atoms with Gasteiger partial charge in [-0.05, 0) is 44.1 Å². The predicted octanol–water partition coefficient (Wildman–Crippen LogP) is 4.46. The van der Waals surface area contributed by atoms with E-state index >= 15 is 0 Å². The van der Waals surface area contributed by atoms with Gasteiger partial charge in [-0.15, -0.1) is 0 Å². The van der Waals surface area contributed by atoms with Gasteiger partial charge in [-0.1, -0.05) is 24.2 Å². The van der Waals surface area contributed by atoms with Crippen LogP contribution in [0.15, 0.2) is 6.20 Å². The van der Waals surface area contributed by atoms with Crippen molar-refractivity contribution in [1.82, 2.24) is 19.7 Å². The maximum absolute atomic E-state index is 13.9. The maximum Gasteiger partial charge on any atom is 0.273 e. The predicted molar refractivity (Wildman–Crippen MR) is 124 cm³/mol. The van der Waals surface area contributed by atoms with Gasteiger partial charge in [0.05, 0.1) is 11.9 Å². The highest BCUT2D eigenvalue weighted by molar-refractivity contribution is 7.13. The average molecular weight is 499 g/mol. The molecular formula is C24H33F3N4O2S. The van der Waals surface area contributed by atoms with Crippen molar-refractivity contribution < 1.29 is 22.7 Å². The topological polar surface area (TPSA) is 60.2 Å². The molecule has 0 aromatic carbocycles. The second-order valence-electron chi connectivity index (χ2n) is 9.57. The number of thiazole rings is 1. The van der Waals surface area contributed by atoms with Crippen molar-refractivity contribution in [3.8, 4) is 5.19 Å². The van der Waals surface area contributed by atoms with E-state index in [2.05, 4.69) is 15.0 Å². The summed E-state index contributed by atoms with van der Waals surface area (Å²) in [5.41, 5.74) is 1.38. The normalized spacial score (nSPS) is 21.4. The third kappa shape index (κ3) is 6.81. The van der Waals surface area contributed by atoms with Crippen LogP contribution in [0.25, 0.3) is 0 Å². The lowest BCUT2D eigenvalue weighted by Crippen LogP contribution is -2.30. The molecule has 188 valence electrons. The van der Waals surface area contributed by atoms with Gasteiger partial charge in [-0.25, -0.2) is 18.4 Å². The summed E-state index contributed by atoms with van der Waals surface area (Å²) < 4.78 is 44.8. The van der Waals surface area contributed by atoms with Crippen molar-refractivity contribution in [2.75, 3.05) is 26.2 Å². The Labute approximate surface area is 202 Å². The largest absolute Gasteiger partial charge is 0.464 e. The van der Waals surface area contributed by atoms with Gasteiger partial charge in [0.1, 0.15) is 5.78 Å². The van der Waals surface area contributed by atoms with Crippen molar-refractivity contribution in [2.45, 2.75) is 64.2 Å². The Bertz CT molecular complexity index is 931. The molecule has 1 fully saturated rings. The average Bonchev–Trinajstić information content (AvgIpc) is 3.29. The summed E-state index contributed by atoms with van der Waals surface area (Å²) in [6.45, 7) is 2.34. The lowest BCUT2D eigenvalue weighted by atomic mass is 9.78. The number of ketones is 1. The van der Waals surface area contributed by atoms with E-state index in [1.54, 1.807) is 0 Å². The summed E-state index contributed by atoms with van der Waals surface area (Å²) in [5.74, 6) is 0.776. The first-order valence-electron chi connectivity index (χ1n) is 12.2. The molecule has 2 aromatic heterocycles. The Morgan fingerprint density at radius 1 is 1.21 bits per heavy atom. The van der Waals surface area contributed by atoms with Gasteiger partial charge in [-0.3, -0.25) is 4.79 Å². The minimum Gasteiger partial charge on any atom is -0.464 e. The van der Waals surface area contributed by atoms with Crippen molar-refractivity contribution >= 4 is 17.1 Å². The van der Waals surface area contributed by atoms with Gasteiger partial charge in [0.15, 0.2) is 6.61 Å². The number of ether oxygens (including phenoxy) is 1. The molecule has 1 saturated carbocycles. The molecule has 3 heterocycles. The number of nitrogens with zero attached hydrogens (tertiary/aromatic N) is 4. The van der Waals surface area contributed by atoms with E-state index in [1.807, 2.05) is 0 Å². The van der Waals surface area contributed by atoms with E-state index in [0.29, 0.717) is 29.0 Å². The first-order chi connectivity index (χ1) is 16.4. The molecule has 0 amide bonds. The molecule has 10 heteroatoms. The molecule has 2 aromatic rings. The van der Waals surface area contributed by atoms with Crippen LogP contribution < -0.4 is 4.74 Å². The van der Waals surface area contributed by atoms with E-state index in [9.17, 15) is 18.0 Å². The van der Waals surface area contributed by atoms with Gasteiger partial charge in [0.2, 0.25) is 5.95 Å². The number of hydrogen-bond acceptors (Lipinski definition) is 6. The molecule has 0 unspecified atom stereocenters. The zero-order valence-corrected chi connectivity index (χ0v) is 20.5. The first-order valence-corrected chi connectivity index (χ1v) is 13.0. The van der Waals surface area contributed by atoms with Gasteiger partial charge >= 0.3 is 0 Å². The number of hydrogen-bond donors (Lipinski definition) is 0. The van der Waals surface area contributed by atoms with Gasteiger partial charge < -0.3 is 9.64 Å². The van der Waals surface area contributed by atoms with Crippen LogP contribution in [0.2, 0.25) is 0 Å². The third-order valence-electron chi connectivity index (χ3n) is 7.07. The quantitative estimate of drug-likeness (QED) is 0.484. The molecule has 0 spiro atoms. The van der Waals surface area contributed by atoms with Crippen LogP contribution in [0, 0.1) is 17.8 Å². The molecule has 0 saturated heterocycles. The highest BCUT2D eigenvalue weighted by Gasteiger charge is 2.25. The Kier molecular flexibility index (Phi) is 8.63. The minimum atomic E-state index is -2.48. The molecule has 34 heavy (non-hydrogen) atoms. The number of aryl methyl sites for hydroxylation is 1. The molecule has 2 aliphatic rings. The SMILES string of the molecule is Cn1ncc(CC(=O)CC2CCC(CCN3CCc4nc(OCC(F)F)sc4CC3)CC2)c1F. The van der Waals surface area contributed by atoms with Crippen molar-refractivity contribution in [1.29, 1.82) is 0 Å². The fourth-order valence-corrected chi connectivity index (χ4v) is 6.04. The van der Waals surface area contributed by atoms with E-state index in [4.69, 9.17) is 4.74 Å². The van der Waals surface area contributed by atoms with Crippen molar-refractivity contribution in [3.63, 3.8) is 0 Å². The zero-order chi connectivity index (χ0) is 24.1. The number of alkyl halides is 2. The highest BCUT2D eigenvalue weighted by atomic mass is 32.1. The minimum absolute atomic E-state index is 0.101. The Morgan fingerprint density at radius 3 is 2.65 bits per heavy atom. The number of carbonyl (C=O) groups excluding carboxylic acids is 1. The molecule has 0 N–H and O–H groups in total. The molecule has 6 nitrogen and oxygen atoms in total. The second-order valence-corrected chi connectivity index (χ2v) is 10.6. The fraction of sp³-hybridized carbons (Fsp3) is 0.708. The number of aromatic nitrogens is 3. The summed E-state index contributed by atoms with van der Waals surface area (Å²) in [6.07, 6.45) is 6.93. The standard InChI is InChI=1S/C24H33F3N4O2S/c1-30-23(27)18(14-28-30)13-19(32)12-17-4-2-16(3-5-17)6-9-31-10-7-20-21(8-11-31)34-24(29-20)33-15-22(25)26/h14,16-17,22H,2-13,15H2,1H3. The fourth-order valence-electron chi connectivity index (χ4n) is 5.09. The van der Waals surface area contributed by atoms with Crippen LogP contribution >= 0.6 is 11.3 Å².